The Bertz CT molecular complexity index is 577. The lowest BCUT2D eigenvalue weighted by molar-refractivity contribution is 1.35. The van der Waals surface area contributed by atoms with Crippen molar-refractivity contribution >= 4 is 16.7 Å². The van der Waals surface area contributed by atoms with Gasteiger partial charge >= 0.3 is 0 Å². The summed E-state index contributed by atoms with van der Waals surface area (Å²) in [4.78, 5) is 4.27. The van der Waals surface area contributed by atoms with Crippen LogP contribution in [0.15, 0.2) is 18.2 Å². The first-order valence-corrected chi connectivity index (χ1v) is 5.76. The molecule has 1 aromatic carbocycles. The Labute approximate surface area is 103 Å². The maximum absolute atomic E-state index is 5.69. The molecule has 0 bridgehead atoms. The third-order valence-electron chi connectivity index (χ3n) is 2.54. The smallest absolute Gasteiger partial charge is 0.124 e. The first-order valence-electron chi connectivity index (χ1n) is 5.76. The largest absolute Gasteiger partial charge is 0.384 e. The van der Waals surface area contributed by atoms with Crippen LogP contribution in [0, 0.1) is 26.2 Å². The van der Waals surface area contributed by atoms with Gasteiger partial charge in [0.25, 0.3) is 0 Å². The lowest BCUT2D eigenvalue weighted by atomic mass is 10.00. The number of nitrogens with two attached hydrogens (primary N) is 1. The Morgan fingerprint density at radius 1 is 1.18 bits per heavy atom. The van der Waals surface area contributed by atoms with Crippen molar-refractivity contribution in [3.8, 4) is 12.3 Å². The van der Waals surface area contributed by atoms with E-state index in [0.717, 1.165) is 27.6 Å². The minimum Gasteiger partial charge on any atom is -0.384 e. The third kappa shape index (κ3) is 2.39. The molecule has 0 aliphatic heterocycles. The van der Waals surface area contributed by atoms with E-state index in [2.05, 4.69) is 10.9 Å². The molecule has 2 rings (SSSR count). The molecule has 0 atom stereocenters. The number of hydrogen-bond donors (Lipinski definition) is 1. The summed E-state index contributed by atoms with van der Waals surface area (Å²) in [7, 11) is 0. The van der Waals surface area contributed by atoms with E-state index < -0.39 is 0 Å². The van der Waals surface area contributed by atoms with E-state index in [-0.39, 0.29) is 0 Å². The predicted molar refractivity (Wildman–Crippen MR) is 74.9 cm³/mol. The van der Waals surface area contributed by atoms with Crippen molar-refractivity contribution in [2.24, 2.45) is 0 Å². The summed E-state index contributed by atoms with van der Waals surface area (Å²) in [6.45, 7) is 8.01. The Morgan fingerprint density at radius 3 is 2.41 bits per heavy atom. The second-order valence-electron chi connectivity index (χ2n) is 3.66. The number of aryl methyl sites for hydroxylation is 2. The lowest BCUT2D eigenvalue weighted by Crippen LogP contribution is -1.95. The summed E-state index contributed by atoms with van der Waals surface area (Å²) in [6.07, 6.45) is 5.51. The van der Waals surface area contributed by atoms with Crippen LogP contribution in [-0.4, -0.2) is 4.98 Å². The van der Waals surface area contributed by atoms with Gasteiger partial charge in [0.15, 0.2) is 0 Å². The summed E-state index contributed by atoms with van der Waals surface area (Å²) in [5, 5.41) is 1.03. The molecule has 1 aromatic heterocycles. The SMILES string of the molecule is C#Cc1c(C)ccc2nc(N)cc(C)c12.CC. The number of aromatic nitrogens is 1. The van der Waals surface area contributed by atoms with Gasteiger partial charge in [-0.3, -0.25) is 0 Å². The molecule has 0 radical (unpaired) electrons. The van der Waals surface area contributed by atoms with Gasteiger partial charge in [0.1, 0.15) is 5.82 Å². The van der Waals surface area contributed by atoms with Gasteiger partial charge in [0.05, 0.1) is 5.52 Å². The van der Waals surface area contributed by atoms with E-state index in [1.807, 2.05) is 45.9 Å². The van der Waals surface area contributed by atoms with Gasteiger partial charge in [-0.1, -0.05) is 25.8 Å². The molecule has 0 fully saturated rings. The molecule has 2 N–H and O–H groups in total. The highest BCUT2D eigenvalue weighted by molar-refractivity contribution is 5.90. The molecule has 2 nitrogen and oxygen atoms in total. The maximum atomic E-state index is 5.69. The van der Waals surface area contributed by atoms with Gasteiger partial charge in [-0.2, -0.15) is 0 Å². The van der Waals surface area contributed by atoms with E-state index in [9.17, 15) is 0 Å². The van der Waals surface area contributed by atoms with E-state index in [0.29, 0.717) is 5.82 Å². The zero-order chi connectivity index (χ0) is 13.0. The summed E-state index contributed by atoms with van der Waals surface area (Å²) in [5.41, 5.74) is 9.65. The second kappa shape index (κ2) is 5.36. The lowest BCUT2D eigenvalue weighted by Gasteiger charge is -2.08. The van der Waals surface area contributed by atoms with Crippen LogP contribution >= 0.6 is 0 Å². The quantitative estimate of drug-likeness (QED) is 0.699. The van der Waals surface area contributed by atoms with Gasteiger partial charge in [-0.25, -0.2) is 4.98 Å². The number of rotatable bonds is 0. The Morgan fingerprint density at radius 2 is 1.82 bits per heavy atom. The molecular weight excluding hydrogens is 208 g/mol. The number of anilines is 1. The van der Waals surface area contributed by atoms with E-state index in [4.69, 9.17) is 12.2 Å². The normalized spacial score (nSPS) is 9.35. The molecule has 0 aliphatic carbocycles. The summed E-state index contributed by atoms with van der Waals surface area (Å²) >= 11 is 0. The first-order chi connectivity index (χ1) is 8.13. The molecule has 1 heterocycles. The van der Waals surface area contributed by atoms with Crippen molar-refractivity contribution in [1.29, 1.82) is 0 Å². The van der Waals surface area contributed by atoms with Crippen molar-refractivity contribution in [3.63, 3.8) is 0 Å². The van der Waals surface area contributed by atoms with Gasteiger partial charge in [-0.05, 0) is 37.1 Å². The number of fused-ring (bicyclic) bond motifs is 1. The molecule has 17 heavy (non-hydrogen) atoms. The van der Waals surface area contributed by atoms with Crippen LogP contribution in [0.3, 0.4) is 0 Å². The molecule has 0 unspecified atom stereocenters. The molecule has 2 aromatic rings. The van der Waals surface area contributed by atoms with Crippen molar-refractivity contribution in [2.75, 3.05) is 5.73 Å². The fourth-order valence-electron chi connectivity index (χ4n) is 1.84. The maximum Gasteiger partial charge on any atom is 0.124 e. The molecule has 88 valence electrons. The van der Waals surface area contributed by atoms with Crippen LogP contribution < -0.4 is 5.73 Å². The number of hydrogen-bond acceptors (Lipinski definition) is 2. The van der Waals surface area contributed by atoms with Crippen LogP contribution in [0.4, 0.5) is 5.82 Å². The summed E-state index contributed by atoms with van der Waals surface area (Å²) in [6, 6.07) is 5.78. The van der Waals surface area contributed by atoms with Crippen LogP contribution in [0.2, 0.25) is 0 Å². The minimum atomic E-state index is 0.534. The standard InChI is InChI=1S/C13H12N2.C2H6/c1-4-10-8(2)5-6-11-13(10)9(3)7-12(14)15-11;1-2/h1,5-7H,2-3H3,(H2,14,15);1-2H3. The van der Waals surface area contributed by atoms with E-state index >= 15 is 0 Å². The van der Waals surface area contributed by atoms with Gasteiger partial charge in [0, 0.05) is 10.9 Å². The third-order valence-corrected chi connectivity index (χ3v) is 2.54. The monoisotopic (exact) mass is 226 g/mol. The average molecular weight is 226 g/mol. The summed E-state index contributed by atoms with van der Waals surface area (Å²) < 4.78 is 0. The molecule has 0 saturated heterocycles. The Balaban J connectivity index is 0.000000686. The minimum absolute atomic E-state index is 0.534. The molecule has 0 aliphatic rings. The topological polar surface area (TPSA) is 38.9 Å². The second-order valence-corrected chi connectivity index (χ2v) is 3.66. The molecule has 0 saturated carbocycles. The van der Waals surface area contributed by atoms with Crippen molar-refractivity contribution < 1.29 is 0 Å². The van der Waals surface area contributed by atoms with Crippen molar-refractivity contribution in [3.05, 3.63) is 34.9 Å². The van der Waals surface area contributed by atoms with Crippen LogP contribution in [-0.2, 0) is 0 Å². The van der Waals surface area contributed by atoms with E-state index in [1.165, 1.54) is 0 Å². The zero-order valence-corrected chi connectivity index (χ0v) is 10.8. The molecule has 0 spiro atoms. The van der Waals surface area contributed by atoms with Crippen LogP contribution in [0.1, 0.15) is 30.5 Å². The highest BCUT2D eigenvalue weighted by atomic mass is 14.8. The van der Waals surface area contributed by atoms with Crippen LogP contribution in [0.25, 0.3) is 10.9 Å². The number of nitrogens with zero attached hydrogens (tertiary/aromatic N) is 1. The van der Waals surface area contributed by atoms with Gasteiger partial charge in [-0.15, -0.1) is 6.42 Å². The highest BCUT2D eigenvalue weighted by Gasteiger charge is 2.07. The van der Waals surface area contributed by atoms with E-state index in [1.54, 1.807) is 0 Å². The van der Waals surface area contributed by atoms with Gasteiger partial charge < -0.3 is 5.73 Å². The fourth-order valence-corrected chi connectivity index (χ4v) is 1.84. The van der Waals surface area contributed by atoms with Gasteiger partial charge in [0.2, 0.25) is 0 Å². The molecular formula is C15H18N2. The highest BCUT2D eigenvalue weighted by Crippen LogP contribution is 2.24. The Kier molecular flexibility index (Phi) is 4.12. The molecule has 0 amide bonds. The molecule has 2 heteroatoms. The Hall–Kier alpha value is -2.01. The number of terminal acetylenes is 1. The van der Waals surface area contributed by atoms with Crippen molar-refractivity contribution in [2.45, 2.75) is 27.7 Å². The first kappa shape index (κ1) is 13.1. The number of nitrogen functional groups attached to an aromatic ring is 1. The fraction of sp³-hybridized carbons (Fsp3) is 0.267. The number of benzene rings is 1. The average Bonchev–Trinajstić information content (AvgIpc) is 2.32. The summed E-state index contributed by atoms with van der Waals surface area (Å²) in [5.74, 6) is 3.25. The van der Waals surface area contributed by atoms with Crippen molar-refractivity contribution in [1.82, 2.24) is 4.98 Å². The van der Waals surface area contributed by atoms with Crippen LogP contribution in [0.5, 0.6) is 0 Å². The number of pyridine rings is 1. The predicted octanol–water partition coefficient (Wildman–Crippen LogP) is 3.44. The zero-order valence-electron chi connectivity index (χ0n) is 10.8.